The van der Waals surface area contributed by atoms with Crippen molar-refractivity contribution in [3.8, 4) is 0 Å². The van der Waals surface area contributed by atoms with Crippen molar-refractivity contribution >= 4 is 23.1 Å². The standard InChI is InChI=1S/C11H12ClFN2/c12-8-4-3-5-9(11(8)13)15-7-2-1-6-10(15)14/h3-5,14H,1-2,6-7H2. The Labute approximate surface area is 93.2 Å². The lowest BCUT2D eigenvalue weighted by atomic mass is 10.1. The number of hydrogen-bond acceptors (Lipinski definition) is 1. The predicted molar refractivity (Wildman–Crippen MR) is 60.3 cm³/mol. The third kappa shape index (κ3) is 1.97. The van der Waals surface area contributed by atoms with Gasteiger partial charge in [0.2, 0.25) is 0 Å². The normalized spacial score (nSPS) is 16.9. The summed E-state index contributed by atoms with van der Waals surface area (Å²) in [6.45, 7) is 0.704. The summed E-state index contributed by atoms with van der Waals surface area (Å²) in [5.41, 5.74) is 0.423. The molecule has 2 rings (SSSR count). The summed E-state index contributed by atoms with van der Waals surface area (Å²) in [4.78, 5) is 1.70. The highest BCUT2D eigenvalue weighted by molar-refractivity contribution is 6.31. The highest BCUT2D eigenvalue weighted by Crippen LogP contribution is 2.28. The SMILES string of the molecule is N=C1CCCCN1c1cccc(Cl)c1F. The summed E-state index contributed by atoms with van der Waals surface area (Å²) >= 11 is 5.71. The van der Waals surface area contributed by atoms with E-state index in [4.69, 9.17) is 17.0 Å². The number of rotatable bonds is 1. The zero-order valence-corrected chi connectivity index (χ0v) is 9.02. The van der Waals surface area contributed by atoms with E-state index in [0.29, 0.717) is 24.5 Å². The monoisotopic (exact) mass is 226 g/mol. The Balaban J connectivity index is 2.35. The summed E-state index contributed by atoms with van der Waals surface area (Å²) < 4.78 is 13.7. The molecule has 1 saturated heterocycles. The lowest BCUT2D eigenvalue weighted by molar-refractivity contribution is 0.618. The van der Waals surface area contributed by atoms with Crippen molar-refractivity contribution in [3.05, 3.63) is 29.0 Å². The van der Waals surface area contributed by atoms with Crippen molar-refractivity contribution in [2.75, 3.05) is 11.4 Å². The summed E-state index contributed by atoms with van der Waals surface area (Å²) in [7, 11) is 0. The van der Waals surface area contributed by atoms with Crippen LogP contribution in [0.4, 0.5) is 10.1 Å². The molecule has 1 aromatic carbocycles. The molecule has 1 heterocycles. The second kappa shape index (κ2) is 4.19. The fourth-order valence-electron chi connectivity index (χ4n) is 1.80. The summed E-state index contributed by atoms with van der Waals surface area (Å²) in [6.07, 6.45) is 2.72. The fraction of sp³-hybridized carbons (Fsp3) is 0.364. The van der Waals surface area contributed by atoms with Gasteiger partial charge in [0.05, 0.1) is 10.7 Å². The first kappa shape index (κ1) is 10.4. The van der Waals surface area contributed by atoms with Crippen molar-refractivity contribution in [1.29, 1.82) is 5.41 Å². The fourth-order valence-corrected chi connectivity index (χ4v) is 1.97. The van der Waals surface area contributed by atoms with Gasteiger partial charge in [-0.05, 0) is 25.0 Å². The highest BCUT2D eigenvalue weighted by Gasteiger charge is 2.20. The predicted octanol–water partition coefficient (Wildman–Crippen LogP) is 3.45. The van der Waals surface area contributed by atoms with Crippen LogP contribution in [0.3, 0.4) is 0 Å². The molecule has 15 heavy (non-hydrogen) atoms. The molecule has 1 aromatic rings. The van der Waals surface area contributed by atoms with E-state index in [1.807, 2.05) is 0 Å². The smallest absolute Gasteiger partial charge is 0.165 e. The molecule has 0 bridgehead atoms. The zero-order valence-electron chi connectivity index (χ0n) is 8.26. The lowest BCUT2D eigenvalue weighted by Gasteiger charge is -2.29. The van der Waals surface area contributed by atoms with Gasteiger partial charge >= 0.3 is 0 Å². The van der Waals surface area contributed by atoms with Crippen LogP contribution in [0, 0.1) is 11.2 Å². The number of anilines is 1. The van der Waals surface area contributed by atoms with E-state index in [2.05, 4.69) is 0 Å². The minimum Gasteiger partial charge on any atom is -0.328 e. The van der Waals surface area contributed by atoms with E-state index in [1.165, 1.54) is 6.07 Å². The van der Waals surface area contributed by atoms with Crippen LogP contribution in [0.1, 0.15) is 19.3 Å². The number of benzene rings is 1. The molecule has 1 fully saturated rings. The van der Waals surface area contributed by atoms with Gasteiger partial charge in [-0.2, -0.15) is 0 Å². The molecule has 0 saturated carbocycles. The number of piperidine rings is 1. The molecule has 1 N–H and O–H groups in total. The molecule has 80 valence electrons. The van der Waals surface area contributed by atoms with E-state index in [-0.39, 0.29) is 5.02 Å². The molecule has 0 spiro atoms. The number of halogens is 2. The third-order valence-corrected chi connectivity index (χ3v) is 2.89. The van der Waals surface area contributed by atoms with E-state index in [1.54, 1.807) is 17.0 Å². The van der Waals surface area contributed by atoms with Gasteiger partial charge in [0.1, 0.15) is 5.84 Å². The molecular weight excluding hydrogens is 215 g/mol. The van der Waals surface area contributed by atoms with Crippen LogP contribution in [0.2, 0.25) is 5.02 Å². The molecule has 4 heteroatoms. The Morgan fingerprint density at radius 3 is 2.87 bits per heavy atom. The minimum atomic E-state index is -0.425. The molecule has 2 nitrogen and oxygen atoms in total. The maximum atomic E-state index is 13.7. The third-order valence-electron chi connectivity index (χ3n) is 2.59. The molecule has 0 aromatic heterocycles. The molecule has 0 amide bonds. The van der Waals surface area contributed by atoms with Crippen LogP contribution in [-0.4, -0.2) is 12.4 Å². The van der Waals surface area contributed by atoms with Gasteiger partial charge in [0.15, 0.2) is 5.82 Å². The number of amidine groups is 1. The van der Waals surface area contributed by atoms with Crippen molar-refractivity contribution < 1.29 is 4.39 Å². The average molecular weight is 227 g/mol. The Hall–Kier alpha value is -1.09. The first-order valence-electron chi connectivity index (χ1n) is 4.99. The zero-order chi connectivity index (χ0) is 10.8. The number of nitrogens with zero attached hydrogens (tertiary/aromatic N) is 1. The van der Waals surface area contributed by atoms with E-state index in [9.17, 15) is 4.39 Å². The summed E-state index contributed by atoms with van der Waals surface area (Å²) in [5, 5.41) is 7.88. The second-order valence-electron chi connectivity index (χ2n) is 3.63. The van der Waals surface area contributed by atoms with Crippen molar-refractivity contribution in [2.24, 2.45) is 0 Å². The largest absolute Gasteiger partial charge is 0.328 e. The summed E-state index contributed by atoms with van der Waals surface area (Å²) in [6, 6.07) is 4.90. The molecule has 1 aliphatic rings. The Bertz CT molecular complexity index is 392. The maximum absolute atomic E-state index is 13.7. The van der Waals surface area contributed by atoms with E-state index in [0.717, 1.165) is 12.8 Å². The second-order valence-corrected chi connectivity index (χ2v) is 4.04. The van der Waals surface area contributed by atoms with Crippen LogP contribution < -0.4 is 4.90 Å². The number of nitrogens with one attached hydrogen (secondary N) is 1. The van der Waals surface area contributed by atoms with Gasteiger partial charge in [-0.3, -0.25) is 5.41 Å². The van der Waals surface area contributed by atoms with Crippen molar-refractivity contribution in [2.45, 2.75) is 19.3 Å². The molecule has 0 radical (unpaired) electrons. The van der Waals surface area contributed by atoms with Crippen LogP contribution in [0.15, 0.2) is 18.2 Å². The molecule has 0 atom stereocenters. The van der Waals surface area contributed by atoms with Gasteiger partial charge in [0, 0.05) is 13.0 Å². The quantitative estimate of drug-likeness (QED) is 0.780. The van der Waals surface area contributed by atoms with Crippen LogP contribution in [0.5, 0.6) is 0 Å². The van der Waals surface area contributed by atoms with E-state index >= 15 is 0 Å². The van der Waals surface area contributed by atoms with Gasteiger partial charge in [-0.15, -0.1) is 0 Å². The number of hydrogen-bond donors (Lipinski definition) is 1. The van der Waals surface area contributed by atoms with Gasteiger partial charge in [0.25, 0.3) is 0 Å². The van der Waals surface area contributed by atoms with Crippen molar-refractivity contribution in [3.63, 3.8) is 0 Å². The topological polar surface area (TPSA) is 27.1 Å². The van der Waals surface area contributed by atoms with Gasteiger partial charge in [-0.25, -0.2) is 4.39 Å². The Morgan fingerprint density at radius 1 is 1.33 bits per heavy atom. The van der Waals surface area contributed by atoms with E-state index < -0.39 is 5.82 Å². The molecule has 1 aliphatic heterocycles. The maximum Gasteiger partial charge on any atom is 0.165 e. The Kier molecular flexibility index (Phi) is 2.91. The van der Waals surface area contributed by atoms with Crippen LogP contribution in [0.25, 0.3) is 0 Å². The van der Waals surface area contributed by atoms with Crippen LogP contribution >= 0.6 is 11.6 Å². The minimum absolute atomic E-state index is 0.117. The lowest BCUT2D eigenvalue weighted by Crippen LogP contribution is -2.35. The summed E-state index contributed by atoms with van der Waals surface area (Å²) in [5.74, 6) is 0.0493. The molecule has 0 unspecified atom stereocenters. The van der Waals surface area contributed by atoms with Crippen molar-refractivity contribution in [1.82, 2.24) is 0 Å². The highest BCUT2D eigenvalue weighted by atomic mass is 35.5. The average Bonchev–Trinajstić information content (AvgIpc) is 2.23. The Morgan fingerprint density at radius 2 is 2.13 bits per heavy atom. The first-order valence-corrected chi connectivity index (χ1v) is 5.37. The molecular formula is C11H12ClFN2. The molecule has 0 aliphatic carbocycles. The van der Waals surface area contributed by atoms with Gasteiger partial charge < -0.3 is 4.90 Å². The van der Waals surface area contributed by atoms with Crippen LogP contribution in [-0.2, 0) is 0 Å². The first-order chi connectivity index (χ1) is 7.20. The van der Waals surface area contributed by atoms with Gasteiger partial charge in [-0.1, -0.05) is 17.7 Å².